The normalized spacial score (nSPS) is 12.0. The fraction of sp³-hybridized carbons (Fsp3) is 0.577. The number of alkyl halides is 1. The van der Waals surface area contributed by atoms with Gasteiger partial charge in [-0.05, 0) is 37.5 Å². The summed E-state index contributed by atoms with van der Waals surface area (Å²) in [5.74, 6) is 0.299. The molecule has 0 saturated heterocycles. The Morgan fingerprint density at radius 3 is 2.00 bits per heavy atom. The molecule has 1 aromatic carbocycles. The quantitative estimate of drug-likeness (QED) is 0.163. The minimum atomic E-state index is -0.369. The van der Waals surface area contributed by atoms with Crippen LogP contribution in [0.4, 0.5) is 0 Å². The van der Waals surface area contributed by atoms with E-state index in [-0.39, 0.29) is 18.0 Å². The third kappa shape index (κ3) is 10.3. The average molecular weight is 445 g/mol. The zero-order chi connectivity index (χ0) is 22.3. The first-order valence-corrected chi connectivity index (χ1v) is 12.3. The summed E-state index contributed by atoms with van der Waals surface area (Å²) in [6.07, 6.45) is 18.3. The van der Waals surface area contributed by atoms with Gasteiger partial charge in [0.05, 0.1) is 10.9 Å². The van der Waals surface area contributed by atoms with E-state index in [4.69, 9.17) is 16.3 Å². The average Bonchev–Trinajstić information content (AvgIpc) is 2.79. The second-order valence-electron chi connectivity index (χ2n) is 8.30. The van der Waals surface area contributed by atoms with Gasteiger partial charge in [0.1, 0.15) is 6.61 Å². The molecular formula is C26H37ClN2O2. The van der Waals surface area contributed by atoms with E-state index in [9.17, 15) is 4.79 Å². The molecular weight excluding hydrogens is 408 g/mol. The third-order valence-electron chi connectivity index (χ3n) is 5.35. The van der Waals surface area contributed by atoms with Crippen LogP contribution < -0.4 is 0 Å². The number of unbranched alkanes of at least 4 members (excludes halogenated alkanes) is 9. The minimum Gasteiger partial charge on any atom is -0.461 e. The van der Waals surface area contributed by atoms with E-state index in [1.54, 1.807) is 19.1 Å². The van der Waals surface area contributed by atoms with Crippen LogP contribution in [0.25, 0.3) is 11.4 Å². The zero-order valence-electron chi connectivity index (χ0n) is 19.1. The molecule has 0 aliphatic rings. The summed E-state index contributed by atoms with van der Waals surface area (Å²) < 4.78 is 5.14. The van der Waals surface area contributed by atoms with Gasteiger partial charge in [0, 0.05) is 18.0 Å². The van der Waals surface area contributed by atoms with Crippen molar-refractivity contribution in [2.75, 3.05) is 6.61 Å². The van der Waals surface area contributed by atoms with Crippen molar-refractivity contribution in [3.8, 4) is 11.4 Å². The zero-order valence-corrected chi connectivity index (χ0v) is 19.9. The molecule has 170 valence electrons. The molecule has 31 heavy (non-hydrogen) atoms. The topological polar surface area (TPSA) is 52.1 Å². The lowest BCUT2D eigenvalue weighted by molar-refractivity contribution is 0.0508. The van der Waals surface area contributed by atoms with E-state index in [1.807, 2.05) is 24.5 Å². The summed E-state index contributed by atoms with van der Waals surface area (Å²) >= 11 is 5.81. The molecule has 4 nitrogen and oxygen atoms in total. The Bertz CT molecular complexity index is 745. The molecule has 0 saturated carbocycles. The van der Waals surface area contributed by atoms with Gasteiger partial charge in [0.2, 0.25) is 0 Å². The highest BCUT2D eigenvalue weighted by molar-refractivity contribution is 6.20. The van der Waals surface area contributed by atoms with Crippen LogP contribution in [0.1, 0.15) is 94.0 Å². The van der Waals surface area contributed by atoms with Crippen molar-refractivity contribution < 1.29 is 9.53 Å². The maximum Gasteiger partial charge on any atom is 0.338 e. The summed E-state index contributed by atoms with van der Waals surface area (Å²) in [6, 6.07) is 7.16. The van der Waals surface area contributed by atoms with Crippen LogP contribution in [-0.4, -0.2) is 27.9 Å². The van der Waals surface area contributed by atoms with Crippen molar-refractivity contribution in [3.63, 3.8) is 0 Å². The standard InChI is InChI=1S/C26H37ClN2O2/c1-3-4-5-6-7-8-9-10-11-12-13-22-18-28-25(29-19-22)23-14-16-24(17-15-23)26(30)31-20-21(2)27/h14-19,21H,3-13,20H2,1-2H3/t21-/m1/s1. The van der Waals surface area contributed by atoms with Crippen LogP contribution in [0.5, 0.6) is 0 Å². The van der Waals surface area contributed by atoms with Crippen molar-refractivity contribution in [2.24, 2.45) is 0 Å². The first kappa shape index (κ1) is 25.3. The van der Waals surface area contributed by atoms with Crippen LogP contribution in [0.2, 0.25) is 0 Å². The molecule has 0 aliphatic heterocycles. The van der Waals surface area contributed by atoms with Gasteiger partial charge in [-0.2, -0.15) is 0 Å². The van der Waals surface area contributed by atoms with Gasteiger partial charge in [-0.1, -0.05) is 76.8 Å². The monoisotopic (exact) mass is 444 g/mol. The highest BCUT2D eigenvalue weighted by Crippen LogP contribution is 2.17. The number of carbonyl (C=O) groups is 1. The molecule has 0 aliphatic carbocycles. The summed E-state index contributed by atoms with van der Waals surface area (Å²) in [6.45, 7) is 4.25. The maximum absolute atomic E-state index is 12.0. The first-order chi connectivity index (χ1) is 15.1. The largest absolute Gasteiger partial charge is 0.461 e. The Morgan fingerprint density at radius 1 is 0.903 bits per heavy atom. The number of nitrogens with zero attached hydrogens (tertiary/aromatic N) is 2. The number of rotatable bonds is 15. The molecule has 0 radical (unpaired) electrons. The van der Waals surface area contributed by atoms with Gasteiger partial charge in [-0.15, -0.1) is 11.6 Å². The van der Waals surface area contributed by atoms with Gasteiger partial charge in [-0.3, -0.25) is 0 Å². The van der Waals surface area contributed by atoms with E-state index in [2.05, 4.69) is 16.9 Å². The predicted molar refractivity (Wildman–Crippen MR) is 129 cm³/mol. The number of esters is 1. The predicted octanol–water partition coefficient (Wildman–Crippen LogP) is 7.39. The van der Waals surface area contributed by atoms with E-state index in [0.717, 1.165) is 12.0 Å². The Labute approximate surface area is 192 Å². The SMILES string of the molecule is CCCCCCCCCCCCc1cnc(-c2ccc(C(=O)OC[C@@H](C)Cl)cc2)nc1. The fourth-order valence-electron chi connectivity index (χ4n) is 3.48. The molecule has 5 heteroatoms. The van der Waals surface area contributed by atoms with Crippen molar-refractivity contribution in [2.45, 2.75) is 89.9 Å². The lowest BCUT2D eigenvalue weighted by Crippen LogP contribution is -2.11. The second kappa shape index (κ2) is 15.0. The molecule has 0 N–H and O–H groups in total. The van der Waals surface area contributed by atoms with Crippen molar-refractivity contribution in [3.05, 3.63) is 47.8 Å². The van der Waals surface area contributed by atoms with E-state index in [0.29, 0.717) is 11.4 Å². The first-order valence-electron chi connectivity index (χ1n) is 11.8. The molecule has 2 aromatic rings. The number of aromatic nitrogens is 2. The summed E-state index contributed by atoms with van der Waals surface area (Å²) in [5, 5.41) is -0.199. The molecule has 1 heterocycles. The summed E-state index contributed by atoms with van der Waals surface area (Å²) in [5.41, 5.74) is 2.56. The summed E-state index contributed by atoms with van der Waals surface area (Å²) in [7, 11) is 0. The van der Waals surface area contributed by atoms with Gasteiger partial charge in [-0.25, -0.2) is 14.8 Å². The Kier molecular flexibility index (Phi) is 12.2. The number of hydrogen-bond donors (Lipinski definition) is 0. The Balaban J connectivity index is 1.68. The fourth-order valence-corrected chi connectivity index (χ4v) is 3.54. The molecule has 1 atom stereocenters. The molecule has 1 aromatic heterocycles. The molecule has 0 spiro atoms. The molecule has 2 rings (SSSR count). The highest BCUT2D eigenvalue weighted by Gasteiger charge is 2.10. The number of carbonyl (C=O) groups excluding carboxylic acids is 1. The van der Waals surface area contributed by atoms with Gasteiger partial charge in [0.15, 0.2) is 5.82 Å². The Morgan fingerprint density at radius 2 is 1.45 bits per heavy atom. The summed E-state index contributed by atoms with van der Waals surface area (Å²) in [4.78, 5) is 21.0. The molecule has 0 bridgehead atoms. The van der Waals surface area contributed by atoms with Crippen molar-refractivity contribution in [1.29, 1.82) is 0 Å². The van der Waals surface area contributed by atoms with Crippen LogP contribution >= 0.6 is 11.6 Å². The number of aryl methyl sites for hydroxylation is 1. The van der Waals surface area contributed by atoms with E-state index in [1.165, 1.54) is 69.8 Å². The Hall–Kier alpha value is -1.94. The third-order valence-corrected chi connectivity index (χ3v) is 5.47. The van der Waals surface area contributed by atoms with Crippen LogP contribution in [-0.2, 0) is 11.2 Å². The number of benzene rings is 1. The van der Waals surface area contributed by atoms with Crippen molar-refractivity contribution >= 4 is 17.6 Å². The van der Waals surface area contributed by atoms with Gasteiger partial charge in [0.25, 0.3) is 0 Å². The number of hydrogen-bond acceptors (Lipinski definition) is 4. The minimum absolute atomic E-state index is 0.199. The second-order valence-corrected chi connectivity index (χ2v) is 9.05. The lowest BCUT2D eigenvalue weighted by atomic mass is 10.0. The van der Waals surface area contributed by atoms with E-state index >= 15 is 0 Å². The van der Waals surface area contributed by atoms with Crippen LogP contribution in [0, 0.1) is 0 Å². The molecule has 0 unspecified atom stereocenters. The number of ether oxygens (including phenoxy) is 1. The smallest absolute Gasteiger partial charge is 0.338 e. The lowest BCUT2D eigenvalue weighted by Gasteiger charge is -2.07. The van der Waals surface area contributed by atoms with Crippen LogP contribution in [0.3, 0.4) is 0 Å². The van der Waals surface area contributed by atoms with Crippen LogP contribution in [0.15, 0.2) is 36.7 Å². The number of halogens is 1. The maximum atomic E-state index is 12.0. The highest BCUT2D eigenvalue weighted by atomic mass is 35.5. The molecule has 0 amide bonds. The van der Waals surface area contributed by atoms with Gasteiger partial charge < -0.3 is 4.74 Å². The van der Waals surface area contributed by atoms with Gasteiger partial charge >= 0.3 is 5.97 Å². The molecule has 0 fully saturated rings. The van der Waals surface area contributed by atoms with E-state index < -0.39 is 0 Å². The van der Waals surface area contributed by atoms with Crippen molar-refractivity contribution in [1.82, 2.24) is 9.97 Å².